The maximum atomic E-state index is 13.5. The van der Waals surface area contributed by atoms with Gasteiger partial charge in [-0.15, -0.1) is 5.10 Å². The lowest BCUT2D eigenvalue weighted by Crippen LogP contribution is -2.52. The first-order valence-electron chi connectivity index (χ1n) is 6.67. The van der Waals surface area contributed by atoms with Gasteiger partial charge in [-0.3, -0.25) is 9.48 Å². The van der Waals surface area contributed by atoms with Crippen LogP contribution in [-0.4, -0.2) is 38.9 Å². The Hall–Kier alpha value is -2.31. The van der Waals surface area contributed by atoms with Crippen LogP contribution in [0.3, 0.4) is 0 Å². The minimum Gasteiger partial charge on any atom is -0.342 e. The maximum absolute atomic E-state index is 13.5. The lowest BCUT2D eigenvalue weighted by atomic mass is 9.99. The van der Waals surface area contributed by atoms with E-state index in [0.717, 1.165) is 12.1 Å². The molecule has 0 saturated carbocycles. The van der Waals surface area contributed by atoms with Crippen LogP contribution in [0.15, 0.2) is 30.6 Å². The number of hydrogen-bond donors (Lipinski definition) is 0. The average molecular weight is 292 g/mol. The summed E-state index contributed by atoms with van der Waals surface area (Å²) in [4.78, 5) is 13.7. The molecule has 1 aliphatic heterocycles. The molecule has 0 aliphatic carbocycles. The third-order valence-electron chi connectivity index (χ3n) is 3.58. The zero-order valence-corrected chi connectivity index (χ0v) is 11.2. The fourth-order valence-corrected chi connectivity index (χ4v) is 2.42. The molecular formula is C14H14F2N4O. The van der Waals surface area contributed by atoms with E-state index in [1.807, 2.05) is 0 Å². The zero-order valence-electron chi connectivity index (χ0n) is 11.2. The number of halogens is 2. The summed E-state index contributed by atoms with van der Waals surface area (Å²) in [7, 11) is 0. The van der Waals surface area contributed by atoms with Crippen molar-refractivity contribution in [3.05, 3.63) is 47.8 Å². The lowest BCUT2D eigenvalue weighted by molar-refractivity contribution is -0.137. The van der Waals surface area contributed by atoms with Crippen molar-refractivity contribution in [1.82, 2.24) is 19.9 Å². The van der Waals surface area contributed by atoms with E-state index in [0.29, 0.717) is 25.6 Å². The van der Waals surface area contributed by atoms with Crippen molar-refractivity contribution in [2.45, 2.75) is 13.0 Å². The van der Waals surface area contributed by atoms with E-state index in [1.165, 1.54) is 6.07 Å². The SMILES string of the molecule is O=C(Cc1ccc(F)cc1F)N1CC(Cn2ccnn2)C1. The van der Waals surface area contributed by atoms with Crippen LogP contribution in [0.4, 0.5) is 8.78 Å². The quantitative estimate of drug-likeness (QED) is 0.852. The average Bonchev–Trinajstić information content (AvgIpc) is 2.89. The van der Waals surface area contributed by atoms with E-state index < -0.39 is 11.6 Å². The molecule has 110 valence electrons. The molecule has 1 aromatic carbocycles. The van der Waals surface area contributed by atoms with Crippen LogP contribution in [-0.2, 0) is 17.8 Å². The molecule has 1 aromatic heterocycles. The second kappa shape index (κ2) is 5.59. The van der Waals surface area contributed by atoms with Gasteiger partial charge in [0.2, 0.25) is 5.91 Å². The fraction of sp³-hybridized carbons (Fsp3) is 0.357. The van der Waals surface area contributed by atoms with E-state index in [9.17, 15) is 13.6 Å². The molecule has 5 nitrogen and oxygen atoms in total. The van der Waals surface area contributed by atoms with Gasteiger partial charge in [0.05, 0.1) is 12.6 Å². The summed E-state index contributed by atoms with van der Waals surface area (Å²) in [6.45, 7) is 1.97. The largest absolute Gasteiger partial charge is 0.342 e. The second-order valence-corrected chi connectivity index (χ2v) is 5.20. The highest BCUT2D eigenvalue weighted by Crippen LogP contribution is 2.19. The Morgan fingerprint density at radius 2 is 2.14 bits per heavy atom. The van der Waals surface area contributed by atoms with Crippen molar-refractivity contribution in [2.24, 2.45) is 5.92 Å². The van der Waals surface area contributed by atoms with Gasteiger partial charge in [0.15, 0.2) is 0 Å². The number of likely N-dealkylation sites (tertiary alicyclic amines) is 1. The molecule has 2 aromatic rings. The molecule has 0 spiro atoms. The number of nitrogens with zero attached hydrogens (tertiary/aromatic N) is 4. The molecule has 1 saturated heterocycles. The third-order valence-corrected chi connectivity index (χ3v) is 3.58. The van der Waals surface area contributed by atoms with Crippen LogP contribution >= 0.6 is 0 Å². The number of aromatic nitrogens is 3. The van der Waals surface area contributed by atoms with Gasteiger partial charge in [-0.05, 0) is 11.6 Å². The van der Waals surface area contributed by atoms with Crippen LogP contribution < -0.4 is 0 Å². The molecule has 1 aliphatic rings. The molecule has 0 N–H and O–H groups in total. The molecule has 1 fully saturated rings. The van der Waals surface area contributed by atoms with Crippen LogP contribution in [0.5, 0.6) is 0 Å². The Morgan fingerprint density at radius 3 is 2.81 bits per heavy atom. The molecule has 0 bridgehead atoms. The molecule has 7 heteroatoms. The fourth-order valence-electron chi connectivity index (χ4n) is 2.42. The minimum atomic E-state index is -0.678. The summed E-state index contributed by atoms with van der Waals surface area (Å²) in [5.74, 6) is -1.12. The summed E-state index contributed by atoms with van der Waals surface area (Å²) >= 11 is 0. The number of rotatable bonds is 4. The van der Waals surface area contributed by atoms with E-state index in [-0.39, 0.29) is 17.9 Å². The standard InChI is InChI=1S/C14H14F2N4O/c15-12-2-1-11(13(16)6-12)5-14(21)19-7-10(8-19)9-20-4-3-17-18-20/h1-4,6,10H,5,7-9H2. The predicted molar refractivity (Wildman–Crippen MR) is 70.2 cm³/mol. The second-order valence-electron chi connectivity index (χ2n) is 5.20. The van der Waals surface area contributed by atoms with Crippen molar-refractivity contribution < 1.29 is 13.6 Å². The Morgan fingerprint density at radius 1 is 1.33 bits per heavy atom. The van der Waals surface area contributed by atoms with E-state index in [1.54, 1.807) is 22.0 Å². The topological polar surface area (TPSA) is 51.0 Å². The number of carbonyl (C=O) groups is 1. The maximum Gasteiger partial charge on any atom is 0.227 e. The molecule has 3 rings (SSSR count). The van der Waals surface area contributed by atoms with Crippen LogP contribution in [0.25, 0.3) is 0 Å². The molecule has 0 atom stereocenters. The molecule has 0 unspecified atom stereocenters. The van der Waals surface area contributed by atoms with Crippen molar-refractivity contribution >= 4 is 5.91 Å². The van der Waals surface area contributed by atoms with Gasteiger partial charge in [-0.1, -0.05) is 11.3 Å². The van der Waals surface area contributed by atoms with Gasteiger partial charge >= 0.3 is 0 Å². The van der Waals surface area contributed by atoms with Crippen LogP contribution in [0, 0.1) is 17.6 Å². The Bertz CT molecular complexity index is 638. The van der Waals surface area contributed by atoms with Crippen molar-refractivity contribution in [1.29, 1.82) is 0 Å². The molecule has 2 heterocycles. The van der Waals surface area contributed by atoms with Gasteiger partial charge in [-0.2, -0.15) is 0 Å². The Kier molecular flexibility index (Phi) is 3.64. The van der Waals surface area contributed by atoms with Gasteiger partial charge in [0.25, 0.3) is 0 Å². The Labute approximate surface area is 120 Å². The number of benzene rings is 1. The Balaban J connectivity index is 1.51. The first kappa shape index (κ1) is 13.7. The van der Waals surface area contributed by atoms with Gasteiger partial charge in [0.1, 0.15) is 11.6 Å². The lowest BCUT2D eigenvalue weighted by Gasteiger charge is -2.39. The summed E-state index contributed by atoms with van der Waals surface area (Å²) < 4.78 is 28.0. The first-order chi connectivity index (χ1) is 10.1. The van der Waals surface area contributed by atoms with E-state index in [4.69, 9.17) is 0 Å². The molecule has 0 radical (unpaired) electrons. The van der Waals surface area contributed by atoms with E-state index in [2.05, 4.69) is 10.3 Å². The molecule has 21 heavy (non-hydrogen) atoms. The third kappa shape index (κ3) is 3.07. The number of carbonyl (C=O) groups excluding carboxylic acids is 1. The summed E-state index contributed by atoms with van der Waals surface area (Å²) in [5.41, 5.74) is 0.223. The first-order valence-corrected chi connectivity index (χ1v) is 6.67. The predicted octanol–water partition coefficient (Wildman–Crippen LogP) is 1.26. The van der Waals surface area contributed by atoms with Gasteiger partial charge < -0.3 is 4.90 Å². The summed E-state index contributed by atoms with van der Waals surface area (Å²) in [5, 5.41) is 7.59. The van der Waals surface area contributed by atoms with Gasteiger partial charge in [-0.25, -0.2) is 8.78 Å². The van der Waals surface area contributed by atoms with Crippen LogP contribution in [0.1, 0.15) is 5.56 Å². The summed E-state index contributed by atoms with van der Waals surface area (Å²) in [6, 6.07) is 3.27. The highest BCUT2D eigenvalue weighted by Gasteiger charge is 2.31. The molecule has 1 amide bonds. The highest BCUT2D eigenvalue weighted by atomic mass is 19.1. The molecular weight excluding hydrogens is 278 g/mol. The monoisotopic (exact) mass is 292 g/mol. The number of amides is 1. The zero-order chi connectivity index (χ0) is 14.8. The number of hydrogen-bond acceptors (Lipinski definition) is 3. The normalized spacial score (nSPS) is 15.0. The summed E-state index contributed by atoms with van der Waals surface area (Å²) in [6.07, 6.45) is 3.35. The van der Waals surface area contributed by atoms with Crippen molar-refractivity contribution in [3.8, 4) is 0 Å². The van der Waals surface area contributed by atoms with Crippen molar-refractivity contribution in [3.63, 3.8) is 0 Å². The van der Waals surface area contributed by atoms with Crippen molar-refractivity contribution in [2.75, 3.05) is 13.1 Å². The van der Waals surface area contributed by atoms with E-state index >= 15 is 0 Å². The van der Waals surface area contributed by atoms with Crippen LogP contribution in [0.2, 0.25) is 0 Å². The smallest absolute Gasteiger partial charge is 0.227 e. The van der Waals surface area contributed by atoms with Gasteiger partial charge in [0, 0.05) is 37.8 Å². The minimum absolute atomic E-state index is 0.0395. The highest BCUT2D eigenvalue weighted by molar-refractivity contribution is 5.79.